The molecule has 2 unspecified atom stereocenters. The maximum atomic E-state index is 14.1. The van der Waals surface area contributed by atoms with Gasteiger partial charge in [0.25, 0.3) is 5.56 Å². The second-order valence-electron chi connectivity index (χ2n) is 8.40. The lowest BCUT2D eigenvalue weighted by molar-refractivity contribution is -0.136. The lowest BCUT2D eigenvalue weighted by Gasteiger charge is -2.32. The minimum atomic E-state index is -4.26. The van der Waals surface area contributed by atoms with Crippen LogP contribution in [0.1, 0.15) is 24.0 Å². The number of benzene rings is 1. The van der Waals surface area contributed by atoms with E-state index in [9.17, 15) is 18.0 Å². The van der Waals surface area contributed by atoms with E-state index in [0.29, 0.717) is 11.1 Å². The van der Waals surface area contributed by atoms with Crippen LogP contribution in [-0.2, 0) is 19.4 Å². The second-order valence-corrected chi connectivity index (χ2v) is 11.5. The molecule has 0 radical (unpaired) electrons. The number of esters is 1. The monoisotopic (exact) mass is 546 g/mol. The Bertz CT molecular complexity index is 1800. The zero-order valence-electron chi connectivity index (χ0n) is 20.1. The van der Waals surface area contributed by atoms with Gasteiger partial charge >= 0.3 is 5.97 Å². The molecule has 0 saturated carbocycles. The smallest absolute Gasteiger partial charge is 0.337 e. The van der Waals surface area contributed by atoms with Crippen LogP contribution in [0.2, 0.25) is 0 Å². The van der Waals surface area contributed by atoms with Crippen molar-refractivity contribution in [3.8, 4) is 0 Å². The summed E-state index contributed by atoms with van der Waals surface area (Å²) >= 11 is 1.00. The van der Waals surface area contributed by atoms with Gasteiger partial charge in [-0.25, -0.2) is 13.2 Å². The fourth-order valence-electron chi connectivity index (χ4n) is 4.47. The molecule has 1 N–H and O–H groups in total. The van der Waals surface area contributed by atoms with Crippen molar-refractivity contribution in [2.24, 2.45) is 0 Å². The van der Waals surface area contributed by atoms with Gasteiger partial charge < -0.3 is 4.74 Å². The first-order valence-electron chi connectivity index (χ1n) is 11.7. The summed E-state index contributed by atoms with van der Waals surface area (Å²) in [5.41, 5.74) is 0.451. The Morgan fingerprint density at radius 3 is 2.42 bits per heavy atom. The molecular weight excluding hydrogens is 524 g/mol. The van der Waals surface area contributed by atoms with Gasteiger partial charge in [0.05, 0.1) is 21.6 Å². The van der Waals surface area contributed by atoms with Gasteiger partial charge in [-0.1, -0.05) is 30.3 Å². The Morgan fingerprint density at radius 1 is 1.08 bits per heavy atom. The molecule has 0 bridgehead atoms. The minimum absolute atomic E-state index is 0.00621. The molecule has 4 aromatic rings. The van der Waals surface area contributed by atoms with Crippen LogP contribution in [0.4, 0.5) is 0 Å². The van der Waals surface area contributed by atoms with Gasteiger partial charge in [-0.2, -0.15) is 0 Å². The van der Waals surface area contributed by atoms with Crippen molar-refractivity contribution in [2.45, 2.75) is 23.0 Å². The van der Waals surface area contributed by atoms with E-state index in [1.54, 1.807) is 67.9 Å². The lowest BCUT2D eigenvalue weighted by Crippen LogP contribution is -2.53. The highest BCUT2D eigenvalue weighted by atomic mass is 32.2. The third-order valence-electron chi connectivity index (χ3n) is 6.11. The van der Waals surface area contributed by atoms with Crippen molar-refractivity contribution < 1.29 is 17.9 Å². The SMILES string of the molecule is CCOC(=O)C1=c2s/c(=C\c3cccnc3)c(=O)n2C(=N)C(S(=O)(=O)c2ccccc2)C1c1cccnc1. The number of hydrogen-bond acceptors (Lipinski definition) is 9. The van der Waals surface area contributed by atoms with Crippen molar-refractivity contribution >= 4 is 44.6 Å². The largest absolute Gasteiger partial charge is 0.463 e. The summed E-state index contributed by atoms with van der Waals surface area (Å²) in [6.45, 7) is 1.68. The van der Waals surface area contributed by atoms with Crippen LogP contribution in [0.3, 0.4) is 0 Å². The molecule has 1 aliphatic heterocycles. The second kappa shape index (κ2) is 10.3. The molecule has 2 atom stereocenters. The number of pyridine rings is 2. The number of rotatable bonds is 6. The van der Waals surface area contributed by atoms with Crippen LogP contribution in [0.15, 0.2) is 89.1 Å². The number of hydrogen-bond donors (Lipinski definition) is 1. The summed E-state index contributed by atoms with van der Waals surface area (Å²) in [6.07, 6.45) is 7.77. The third kappa shape index (κ3) is 4.39. The van der Waals surface area contributed by atoms with Gasteiger partial charge in [-0.3, -0.25) is 24.7 Å². The number of ether oxygens (including phenoxy) is 1. The highest BCUT2D eigenvalue weighted by Crippen LogP contribution is 2.38. The predicted molar refractivity (Wildman–Crippen MR) is 143 cm³/mol. The number of carbonyl (C=O) groups is 1. The zero-order valence-corrected chi connectivity index (χ0v) is 21.8. The molecule has 11 heteroatoms. The van der Waals surface area contributed by atoms with Gasteiger partial charge in [0, 0.05) is 30.7 Å². The highest BCUT2D eigenvalue weighted by Gasteiger charge is 2.48. The Labute approximate surface area is 221 Å². The summed E-state index contributed by atoms with van der Waals surface area (Å²) in [5.74, 6) is -2.34. The van der Waals surface area contributed by atoms with E-state index in [4.69, 9.17) is 10.1 Å². The topological polar surface area (TPSA) is 132 Å². The molecule has 1 aromatic carbocycles. The van der Waals surface area contributed by atoms with Crippen molar-refractivity contribution in [1.29, 1.82) is 5.41 Å². The lowest BCUT2D eigenvalue weighted by atomic mass is 9.87. The number of fused-ring (bicyclic) bond motifs is 1. The minimum Gasteiger partial charge on any atom is -0.463 e. The van der Waals surface area contributed by atoms with E-state index in [0.717, 1.165) is 15.9 Å². The summed E-state index contributed by atoms with van der Waals surface area (Å²) < 4.78 is 34.9. The van der Waals surface area contributed by atoms with Gasteiger partial charge in [0.1, 0.15) is 15.7 Å². The Morgan fingerprint density at radius 2 is 1.79 bits per heavy atom. The maximum absolute atomic E-state index is 14.1. The first-order valence-corrected chi connectivity index (χ1v) is 14.0. The van der Waals surface area contributed by atoms with E-state index in [1.165, 1.54) is 24.5 Å². The Kier molecular flexibility index (Phi) is 6.87. The molecule has 5 rings (SSSR count). The van der Waals surface area contributed by atoms with E-state index >= 15 is 0 Å². The van der Waals surface area contributed by atoms with Crippen molar-refractivity contribution in [1.82, 2.24) is 14.5 Å². The van der Waals surface area contributed by atoms with Crippen molar-refractivity contribution in [3.05, 3.63) is 110 Å². The van der Waals surface area contributed by atoms with E-state index in [1.807, 2.05) is 0 Å². The number of aromatic nitrogens is 3. The van der Waals surface area contributed by atoms with Crippen LogP contribution in [0.25, 0.3) is 11.6 Å². The van der Waals surface area contributed by atoms with Crippen LogP contribution >= 0.6 is 11.3 Å². The molecule has 38 heavy (non-hydrogen) atoms. The average Bonchev–Trinajstić information content (AvgIpc) is 3.25. The van der Waals surface area contributed by atoms with Gasteiger partial charge in [0.2, 0.25) is 0 Å². The average molecular weight is 547 g/mol. The first-order chi connectivity index (χ1) is 18.3. The van der Waals surface area contributed by atoms with Crippen LogP contribution in [0, 0.1) is 5.41 Å². The zero-order chi connectivity index (χ0) is 26.9. The molecule has 1 aliphatic rings. The summed E-state index contributed by atoms with van der Waals surface area (Å²) in [4.78, 5) is 35.3. The quantitative estimate of drug-likeness (QED) is 0.364. The summed E-state index contributed by atoms with van der Waals surface area (Å²) in [5, 5.41) is 7.47. The van der Waals surface area contributed by atoms with E-state index in [2.05, 4.69) is 9.97 Å². The van der Waals surface area contributed by atoms with Gasteiger partial charge in [-0.15, -0.1) is 11.3 Å². The summed E-state index contributed by atoms with van der Waals surface area (Å²) in [6, 6.07) is 14.5. The predicted octanol–water partition coefficient (Wildman–Crippen LogP) is 1.71. The molecule has 3 aromatic heterocycles. The number of thiazole rings is 1. The number of nitrogens with zero attached hydrogens (tertiary/aromatic N) is 3. The number of carbonyl (C=O) groups excluding carboxylic acids is 1. The fourth-order valence-corrected chi connectivity index (χ4v) is 7.53. The maximum Gasteiger partial charge on any atom is 0.337 e. The Balaban J connectivity index is 1.88. The molecular formula is C27H22N4O5S2. The normalized spacial score (nSPS) is 17.8. The standard InChI is InChI=1S/C27H22N4O5S2/c1-2-36-27(33)22-21(18-9-7-13-30-16-18)23(38(34,35)19-10-4-3-5-11-19)24(28)31-25(32)20(37-26(22)31)14-17-8-6-12-29-15-17/h3-16,21,23,28H,2H2,1H3/b20-14-,28-24?. The number of nitrogens with one attached hydrogen (secondary N) is 1. The fraction of sp³-hybridized carbons (Fsp3) is 0.148. The van der Waals surface area contributed by atoms with E-state index in [-0.39, 0.29) is 26.3 Å². The molecule has 0 aliphatic carbocycles. The van der Waals surface area contributed by atoms with Crippen LogP contribution in [0.5, 0.6) is 0 Å². The molecule has 0 spiro atoms. The molecule has 0 fully saturated rings. The highest BCUT2D eigenvalue weighted by molar-refractivity contribution is 7.93. The van der Waals surface area contributed by atoms with Crippen molar-refractivity contribution in [2.75, 3.05) is 6.61 Å². The molecule has 192 valence electrons. The molecule has 0 saturated heterocycles. The summed E-state index contributed by atoms with van der Waals surface area (Å²) in [7, 11) is -4.26. The van der Waals surface area contributed by atoms with Crippen molar-refractivity contribution in [3.63, 3.8) is 0 Å². The first kappa shape index (κ1) is 25.4. The van der Waals surface area contributed by atoms with Crippen LogP contribution in [-0.4, -0.2) is 46.6 Å². The third-order valence-corrected chi connectivity index (χ3v) is 9.31. The number of sulfone groups is 1. The molecule has 9 nitrogen and oxygen atoms in total. The Hall–Kier alpha value is -4.22. The molecule has 0 amide bonds. The van der Waals surface area contributed by atoms with Gasteiger partial charge in [-0.05, 0) is 48.4 Å². The van der Waals surface area contributed by atoms with E-state index < -0.39 is 38.4 Å². The van der Waals surface area contributed by atoms with Crippen LogP contribution < -0.4 is 14.8 Å². The van der Waals surface area contributed by atoms with Gasteiger partial charge in [0.15, 0.2) is 9.84 Å². The molecule has 4 heterocycles.